The zero-order chi connectivity index (χ0) is 15.9. The quantitative estimate of drug-likeness (QED) is 0.740. The van der Waals surface area contributed by atoms with Crippen LogP contribution in [0.4, 0.5) is 0 Å². The molecule has 1 aliphatic heterocycles. The summed E-state index contributed by atoms with van der Waals surface area (Å²) in [5, 5.41) is 14.2. The van der Waals surface area contributed by atoms with Gasteiger partial charge in [0.1, 0.15) is 25.0 Å². The first-order valence-corrected chi connectivity index (χ1v) is 7.74. The molecule has 8 heteroatoms. The minimum absolute atomic E-state index is 0.0571. The average Bonchev–Trinajstić information content (AvgIpc) is 3.21. The van der Waals surface area contributed by atoms with Crippen LogP contribution < -0.4 is 0 Å². The second kappa shape index (κ2) is 8.21. The summed E-state index contributed by atoms with van der Waals surface area (Å²) in [7, 11) is 0. The van der Waals surface area contributed by atoms with E-state index in [1.54, 1.807) is 17.3 Å². The molecule has 0 saturated carbocycles. The van der Waals surface area contributed by atoms with Gasteiger partial charge in [0, 0.05) is 19.6 Å². The zero-order valence-corrected chi connectivity index (χ0v) is 13.0. The molecule has 23 heavy (non-hydrogen) atoms. The molecule has 126 valence electrons. The third kappa shape index (κ3) is 5.14. The molecule has 8 nitrogen and oxygen atoms in total. The van der Waals surface area contributed by atoms with Crippen LogP contribution in [0.5, 0.6) is 0 Å². The van der Waals surface area contributed by atoms with Crippen molar-refractivity contribution < 1.29 is 19.0 Å². The van der Waals surface area contributed by atoms with Gasteiger partial charge in [0.2, 0.25) is 0 Å². The summed E-state index contributed by atoms with van der Waals surface area (Å²) >= 11 is 0. The summed E-state index contributed by atoms with van der Waals surface area (Å²) in [5.74, 6) is 0.761. The highest BCUT2D eigenvalue weighted by atomic mass is 16.5. The molecule has 1 fully saturated rings. The van der Waals surface area contributed by atoms with Gasteiger partial charge < -0.3 is 19.0 Å². The molecule has 1 aliphatic rings. The molecule has 2 aromatic heterocycles. The van der Waals surface area contributed by atoms with Crippen LogP contribution in [0.2, 0.25) is 0 Å². The topological polar surface area (TPSA) is 85.8 Å². The zero-order valence-electron chi connectivity index (χ0n) is 13.0. The Morgan fingerprint density at radius 2 is 2.43 bits per heavy atom. The fourth-order valence-electron chi connectivity index (χ4n) is 2.63. The van der Waals surface area contributed by atoms with Crippen molar-refractivity contribution in [3.63, 3.8) is 0 Å². The predicted octanol–water partition coefficient (Wildman–Crippen LogP) is 0.150. The maximum atomic E-state index is 10.1. The summed E-state index contributed by atoms with van der Waals surface area (Å²) in [6.07, 6.45) is 4.33. The first kappa shape index (κ1) is 16.1. The first-order valence-electron chi connectivity index (χ1n) is 7.74. The van der Waals surface area contributed by atoms with Crippen LogP contribution in [0, 0.1) is 0 Å². The van der Waals surface area contributed by atoms with E-state index in [0.29, 0.717) is 26.3 Å². The number of rotatable bonds is 8. The summed E-state index contributed by atoms with van der Waals surface area (Å²) < 4.78 is 18.2. The lowest BCUT2D eigenvalue weighted by molar-refractivity contribution is -0.0590. The summed E-state index contributed by atoms with van der Waals surface area (Å²) in [4.78, 5) is 6.11. The number of hydrogen-bond donors (Lipinski definition) is 1. The molecule has 0 aromatic carbocycles. The predicted molar refractivity (Wildman–Crippen MR) is 80.6 cm³/mol. The van der Waals surface area contributed by atoms with E-state index in [2.05, 4.69) is 15.0 Å². The summed E-state index contributed by atoms with van der Waals surface area (Å²) in [6, 6.07) is 3.67. The second-order valence-corrected chi connectivity index (χ2v) is 5.62. The monoisotopic (exact) mass is 322 g/mol. The number of nitrogens with zero attached hydrogens (tertiary/aromatic N) is 4. The highest BCUT2D eigenvalue weighted by molar-refractivity contribution is 4.96. The van der Waals surface area contributed by atoms with E-state index in [-0.39, 0.29) is 12.7 Å². The Bertz CT molecular complexity index is 546. The van der Waals surface area contributed by atoms with Gasteiger partial charge in [-0.25, -0.2) is 4.98 Å². The number of morpholine rings is 1. The Kier molecular flexibility index (Phi) is 5.76. The van der Waals surface area contributed by atoms with Crippen molar-refractivity contribution in [2.45, 2.75) is 25.4 Å². The number of ether oxygens (including phenoxy) is 2. The van der Waals surface area contributed by atoms with Gasteiger partial charge in [0.05, 0.1) is 38.2 Å². The van der Waals surface area contributed by atoms with Gasteiger partial charge in [0.15, 0.2) is 0 Å². The maximum Gasteiger partial charge on any atom is 0.137 e. The van der Waals surface area contributed by atoms with E-state index < -0.39 is 6.10 Å². The molecule has 0 amide bonds. The lowest BCUT2D eigenvalue weighted by atomic mass is 10.2. The third-order valence-electron chi connectivity index (χ3n) is 3.68. The first-order chi connectivity index (χ1) is 11.3. The molecular weight excluding hydrogens is 300 g/mol. The van der Waals surface area contributed by atoms with E-state index in [1.807, 2.05) is 12.1 Å². The highest BCUT2D eigenvalue weighted by Crippen LogP contribution is 2.08. The van der Waals surface area contributed by atoms with Crippen LogP contribution in [0.3, 0.4) is 0 Å². The van der Waals surface area contributed by atoms with E-state index in [4.69, 9.17) is 13.9 Å². The van der Waals surface area contributed by atoms with Crippen LogP contribution in [0.15, 0.2) is 35.5 Å². The van der Waals surface area contributed by atoms with Gasteiger partial charge in [-0.1, -0.05) is 0 Å². The van der Waals surface area contributed by atoms with E-state index in [9.17, 15) is 5.11 Å². The van der Waals surface area contributed by atoms with Crippen LogP contribution in [-0.2, 0) is 22.6 Å². The standard InChI is InChI=1S/C15H22N4O4/c20-13(9-21-10-14-2-1-4-22-14)6-18-3-5-23-15(7-18)8-19-12-16-11-17-19/h1-2,4,11-13,15,20H,3,5-10H2. The summed E-state index contributed by atoms with van der Waals surface area (Å²) in [5.41, 5.74) is 0. The normalized spacial score (nSPS) is 20.7. The van der Waals surface area contributed by atoms with Crippen molar-refractivity contribution in [2.75, 3.05) is 32.8 Å². The SMILES string of the molecule is OC(COCc1ccco1)CN1CCOC(Cn2cncn2)C1. The smallest absolute Gasteiger partial charge is 0.137 e. The number of aliphatic hydroxyl groups is 1. The number of β-amino-alcohol motifs (C(OH)–C–C–N with tert-alkyl or cyclic N) is 1. The lowest BCUT2D eigenvalue weighted by Gasteiger charge is -2.33. The molecule has 2 aromatic rings. The molecule has 0 aliphatic carbocycles. The minimum Gasteiger partial charge on any atom is -0.467 e. The number of aromatic nitrogens is 3. The number of furan rings is 1. The fourth-order valence-corrected chi connectivity index (χ4v) is 2.63. The van der Waals surface area contributed by atoms with Gasteiger partial charge in [-0.2, -0.15) is 5.10 Å². The number of aliphatic hydroxyl groups excluding tert-OH is 1. The van der Waals surface area contributed by atoms with Gasteiger partial charge in [-0.15, -0.1) is 0 Å². The van der Waals surface area contributed by atoms with Crippen molar-refractivity contribution in [1.29, 1.82) is 0 Å². The largest absolute Gasteiger partial charge is 0.467 e. The molecule has 0 spiro atoms. The van der Waals surface area contributed by atoms with Crippen LogP contribution >= 0.6 is 0 Å². The fraction of sp³-hybridized carbons (Fsp3) is 0.600. The second-order valence-electron chi connectivity index (χ2n) is 5.62. The summed E-state index contributed by atoms with van der Waals surface area (Å²) in [6.45, 7) is 4.11. The van der Waals surface area contributed by atoms with Crippen molar-refractivity contribution in [1.82, 2.24) is 19.7 Å². The van der Waals surface area contributed by atoms with Crippen molar-refractivity contribution in [2.24, 2.45) is 0 Å². The third-order valence-corrected chi connectivity index (χ3v) is 3.68. The Labute approximate surface area is 134 Å². The molecule has 1 N–H and O–H groups in total. The van der Waals surface area contributed by atoms with Gasteiger partial charge in [-0.3, -0.25) is 9.58 Å². The van der Waals surface area contributed by atoms with Crippen molar-refractivity contribution >= 4 is 0 Å². The highest BCUT2D eigenvalue weighted by Gasteiger charge is 2.23. The lowest BCUT2D eigenvalue weighted by Crippen LogP contribution is -2.47. The van der Waals surface area contributed by atoms with Crippen molar-refractivity contribution in [3.8, 4) is 0 Å². The van der Waals surface area contributed by atoms with E-state index in [1.165, 1.54) is 6.33 Å². The Morgan fingerprint density at radius 1 is 1.48 bits per heavy atom. The molecule has 2 unspecified atom stereocenters. The van der Waals surface area contributed by atoms with Gasteiger partial charge in [0.25, 0.3) is 0 Å². The van der Waals surface area contributed by atoms with Gasteiger partial charge in [-0.05, 0) is 12.1 Å². The molecule has 1 saturated heterocycles. The molecular formula is C15H22N4O4. The molecule has 2 atom stereocenters. The Hall–Kier alpha value is -1.74. The molecule has 3 heterocycles. The van der Waals surface area contributed by atoms with E-state index >= 15 is 0 Å². The average molecular weight is 322 g/mol. The van der Waals surface area contributed by atoms with Crippen molar-refractivity contribution in [3.05, 3.63) is 36.8 Å². The Balaban J connectivity index is 1.36. The molecule has 3 rings (SSSR count). The van der Waals surface area contributed by atoms with Gasteiger partial charge >= 0.3 is 0 Å². The molecule has 0 radical (unpaired) electrons. The maximum absolute atomic E-state index is 10.1. The van der Waals surface area contributed by atoms with E-state index in [0.717, 1.165) is 18.8 Å². The van der Waals surface area contributed by atoms with Crippen LogP contribution in [0.1, 0.15) is 5.76 Å². The number of hydrogen-bond acceptors (Lipinski definition) is 7. The van der Waals surface area contributed by atoms with Crippen LogP contribution in [0.25, 0.3) is 0 Å². The minimum atomic E-state index is -0.532. The van der Waals surface area contributed by atoms with Crippen LogP contribution in [-0.4, -0.2) is 69.8 Å². The Morgan fingerprint density at radius 3 is 3.22 bits per heavy atom. The molecule has 0 bridgehead atoms.